The lowest BCUT2D eigenvalue weighted by Crippen LogP contribution is -1.92. The van der Waals surface area contributed by atoms with Crippen molar-refractivity contribution >= 4 is 11.3 Å². The molecular formula is C11H6N2O2S. The molecule has 78 valence electrons. The maximum absolute atomic E-state index is 8.70. The van der Waals surface area contributed by atoms with E-state index in [0.29, 0.717) is 5.69 Å². The molecule has 3 rings (SSSR count). The quantitative estimate of drug-likeness (QED) is 0.754. The van der Waals surface area contributed by atoms with Gasteiger partial charge in [0.05, 0.1) is 0 Å². The number of thiazole rings is 1. The van der Waals surface area contributed by atoms with Crippen molar-refractivity contribution in [2.24, 2.45) is 0 Å². The molecule has 0 aliphatic carbocycles. The second kappa shape index (κ2) is 3.51. The molecule has 0 bridgehead atoms. The Morgan fingerprint density at radius 3 is 3.00 bits per heavy atom. The number of rotatable bonds is 1. The van der Waals surface area contributed by atoms with E-state index in [1.54, 1.807) is 5.38 Å². The van der Waals surface area contributed by atoms with E-state index in [4.69, 9.17) is 14.7 Å². The monoisotopic (exact) mass is 230 g/mol. The lowest BCUT2D eigenvalue weighted by Gasteiger charge is -1.98. The molecule has 0 N–H and O–H groups in total. The van der Waals surface area contributed by atoms with Crippen LogP contribution in [0.25, 0.3) is 10.6 Å². The first-order valence-corrected chi connectivity index (χ1v) is 5.50. The maximum atomic E-state index is 8.70. The van der Waals surface area contributed by atoms with Crippen LogP contribution in [0.2, 0.25) is 0 Å². The van der Waals surface area contributed by atoms with Crippen LogP contribution in [-0.4, -0.2) is 11.8 Å². The molecule has 4 nitrogen and oxygen atoms in total. The van der Waals surface area contributed by atoms with Crippen molar-refractivity contribution < 1.29 is 9.47 Å². The lowest BCUT2D eigenvalue weighted by atomic mass is 10.2. The van der Waals surface area contributed by atoms with Crippen molar-refractivity contribution in [2.45, 2.75) is 0 Å². The summed E-state index contributed by atoms with van der Waals surface area (Å²) in [6.45, 7) is 0.264. The summed E-state index contributed by atoms with van der Waals surface area (Å²) in [5.41, 5.74) is 1.38. The number of nitriles is 1. The van der Waals surface area contributed by atoms with Gasteiger partial charge in [-0.2, -0.15) is 5.26 Å². The third-order valence-corrected chi connectivity index (χ3v) is 3.13. The van der Waals surface area contributed by atoms with E-state index in [9.17, 15) is 0 Å². The van der Waals surface area contributed by atoms with Crippen molar-refractivity contribution in [3.63, 3.8) is 0 Å². The standard InChI is InChI=1S/C11H6N2O2S/c12-4-8-5-16-11(13-8)7-1-2-9-10(3-7)15-6-14-9/h1-3,5H,6H2. The van der Waals surface area contributed by atoms with Crippen LogP contribution >= 0.6 is 11.3 Å². The molecule has 1 aromatic carbocycles. The normalized spacial score (nSPS) is 12.4. The molecule has 5 heteroatoms. The summed E-state index contributed by atoms with van der Waals surface area (Å²) in [6.07, 6.45) is 0. The SMILES string of the molecule is N#Cc1csc(-c2ccc3c(c2)OCO3)n1. The fourth-order valence-electron chi connectivity index (χ4n) is 1.49. The van der Waals surface area contributed by atoms with E-state index in [0.717, 1.165) is 22.1 Å². The minimum atomic E-state index is 0.264. The minimum Gasteiger partial charge on any atom is -0.454 e. The molecule has 2 heterocycles. The Bertz CT molecular complexity index is 586. The first-order chi connectivity index (χ1) is 7.86. The van der Waals surface area contributed by atoms with Gasteiger partial charge >= 0.3 is 0 Å². The summed E-state index contributed by atoms with van der Waals surface area (Å²) in [7, 11) is 0. The van der Waals surface area contributed by atoms with E-state index >= 15 is 0 Å². The van der Waals surface area contributed by atoms with Crippen molar-refractivity contribution in [1.82, 2.24) is 4.98 Å². The highest BCUT2D eigenvalue weighted by Gasteiger charge is 2.15. The Hall–Kier alpha value is -2.06. The first-order valence-electron chi connectivity index (χ1n) is 4.62. The Labute approximate surface area is 95.7 Å². The third-order valence-electron chi connectivity index (χ3n) is 2.24. The highest BCUT2D eigenvalue weighted by Crippen LogP contribution is 2.36. The Kier molecular flexibility index (Phi) is 2.01. The van der Waals surface area contributed by atoms with Gasteiger partial charge in [-0.3, -0.25) is 0 Å². The van der Waals surface area contributed by atoms with Gasteiger partial charge in [-0.15, -0.1) is 11.3 Å². The summed E-state index contributed by atoms with van der Waals surface area (Å²) < 4.78 is 10.5. The molecular weight excluding hydrogens is 224 g/mol. The molecule has 1 aliphatic rings. The largest absolute Gasteiger partial charge is 0.454 e. The van der Waals surface area contributed by atoms with Gasteiger partial charge in [-0.05, 0) is 18.2 Å². The van der Waals surface area contributed by atoms with Crippen LogP contribution in [0.5, 0.6) is 11.5 Å². The Morgan fingerprint density at radius 2 is 2.19 bits per heavy atom. The van der Waals surface area contributed by atoms with Crippen LogP contribution in [-0.2, 0) is 0 Å². The van der Waals surface area contributed by atoms with Crippen molar-refractivity contribution in [3.8, 4) is 28.1 Å². The van der Waals surface area contributed by atoms with Gasteiger partial charge in [0.1, 0.15) is 11.1 Å². The van der Waals surface area contributed by atoms with Crippen molar-refractivity contribution in [2.75, 3.05) is 6.79 Å². The van der Waals surface area contributed by atoms with E-state index in [1.807, 2.05) is 24.3 Å². The lowest BCUT2D eigenvalue weighted by molar-refractivity contribution is 0.174. The summed E-state index contributed by atoms with van der Waals surface area (Å²) in [4.78, 5) is 4.19. The number of aromatic nitrogens is 1. The molecule has 0 fully saturated rings. The smallest absolute Gasteiger partial charge is 0.231 e. The predicted molar refractivity (Wildman–Crippen MR) is 58.4 cm³/mol. The molecule has 2 aromatic rings. The fourth-order valence-corrected chi connectivity index (χ4v) is 2.23. The van der Waals surface area contributed by atoms with E-state index in [-0.39, 0.29) is 6.79 Å². The number of hydrogen-bond donors (Lipinski definition) is 0. The molecule has 0 unspecified atom stereocenters. The summed E-state index contributed by atoms with van der Waals surface area (Å²) in [5, 5.41) is 11.3. The van der Waals surface area contributed by atoms with Crippen LogP contribution in [0.1, 0.15) is 5.69 Å². The van der Waals surface area contributed by atoms with Gasteiger partial charge < -0.3 is 9.47 Å². The second-order valence-electron chi connectivity index (χ2n) is 3.22. The molecule has 0 radical (unpaired) electrons. The highest BCUT2D eigenvalue weighted by molar-refractivity contribution is 7.13. The number of ether oxygens (including phenoxy) is 2. The van der Waals surface area contributed by atoms with E-state index < -0.39 is 0 Å². The molecule has 0 saturated carbocycles. The first kappa shape index (κ1) is 9.19. The van der Waals surface area contributed by atoms with E-state index in [2.05, 4.69) is 4.98 Å². The number of benzene rings is 1. The fraction of sp³-hybridized carbons (Fsp3) is 0.0909. The zero-order valence-corrected chi connectivity index (χ0v) is 8.95. The van der Waals surface area contributed by atoms with E-state index in [1.165, 1.54) is 11.3 Å². The van der Waals surface area contributed by atoms with Crippen LogP contribution in [0, 0.1) is 11.3 Å². The molecule has 16 heavy (non-hydrogen) atoms. The summed E-state index contributed by atoms with van der Waals surface area (Å²) >= 11 is 1.44. The Balaban J connectivity index is 2.04. The summed E-state index contributed by atoms with van der Waals surface area (Å²) in [6, 6.07) is 7.65. The predicted octanol–water partition coefficient (Wildman–Crippen LogP) is 2.41. The molecule has 0 atom stereocenters. The Morgan fingerprint density at radius 1 is 1.31 bits per heavy atom. The summed E-state index contributed by atoms with van der Waals surface area (Å²) in [5.74, 6) is 1.48. The van der Waals surface area contributed by atoms with Crippen molar-refractivity contribution in [1.29, 1.82) is 5.26 Å². The van der Waals surface area contributed by atoms with Crippen LogP contribution in [0.4, 0.5) is 0 Å². The molecule has 0 spiro atoms. The molecule has 1 aliphatic heterocycles. The average molecular weight is 230 g/mol. The number of nitrogens with zero attached hydrogens (tertiary/aromatic N) is 2. The van der Waals surface area contributed by atoms with Crippen LogP contribution < -0.4 is 9.47 Å². The van der Waals surface area contributed by atoms with Gasteiger partial charge in [0.2, 0.25) is 6.79 Å². The second-order valence-corrected chi connectivity index (χ2v) is 4.08. The zero-order valence-electron chi connectivity index (χ0n) is 8.14. The molecule has 0 amide bonds. The average Bonchev–Trinajstić information content (AvgIpc) is 2.96. The van der Waals surface area contributed by atoms with Crippen LogP contribution in [0.15, 0.2) is 23.6 Å². The topological polar surface area (TPSA) is 55.1 Å². The number of fused-ring (bicyclic) bond motifs is 1. The zero-order chi connectivity index (χ0) is 11.0. The van der Waals surface area contributed by atoms with Crippen LogP contribution in [0.3, 0.4) is 0 Å². The van der Waals surface area contributed by atoms with Gasteiger partial charge in [0.15, 0.2) is 17.2 Å². The van der Waals surface area contributed by atoms with Gasteiger partial charge in [-0.25, -0.2) is 4.98 Å². The maximum Gasteiger partial charge on any atom is 0.231 e. The third kappa shape index (κ3) is 1.40. The van der Waals surface area contributed by atoms with Crippen molar-refractivity contribution in [3.05, 3.63) is 29.3 Å². The molecule has 1 aromatic heterocycles. The number of hydrogen-bond acceptors (Lipinski definition) is 5. The minimum absolute atomic E-state index is 0.264. The highest BCUT2D eigenvalue weighted by atomic mass is 32.1. The van der Waals surface area contributed by atoms with Gasteiger partial charge in [-0.1, -0.05) is 0 Å². The van der Waals surface area contributed by atoms with Gasteiger partial charge in [0, 0.05) is 10.9 Å². The van der Waals surface area contributed by atoms with Gasteiger partial charge in [0.25, 0.3) is 0 Å². The molecule has 0 saturated heterocycles.